The molecule has 0 aromatic heterocycles. The molecule has 6 nitrogen and oxygen atoms in total. The molecule has 1 fully saturated rings. The van der Waals surface area contributed by atoms with E-state index in [0.717, 1.165) is 4.90 Å². The zero-order chi connectivity index (χ0) is 20.1. The molecule has 0 unspecified atom stereocenters. The van der Waals surface area contributed by atoms with Crippen molar-refractivity contribution in [3.63, 3.8) is 0 Å². The van der Waals surface area contributed by atoms with E-state index < -0.39 is 11.9 Å². The van der Waals surface area contributed by atoms with Crippen LogP contribution in [-0.2, 0) is 4.79 Å². The molecule has 2 aromatic carbocycles. The van der Waals surface area contributed by atoms with Crippen LogP contribution >= 0.6 is 11.6 Å². The molecule has 28 heavy (non-hydrogen) atoms. The van der Waals surface area contributed by atoms with Gasteiger partial charge in [-0.3, -0.25) is 4.79 Å². The third-order valence-electron chi connectivity index (χ3n) is 3.83. The maximum absolute atomic E-state index is 12.7. The van der Waals surface area contributed by atoms with Crippen LogP contribution in [0.25, 0.3) is 6.08 Å². The Morgan fingerprint density at radius 1 is 1.18 bits per heavy atom. The second-order valence-electron chi connectivity index (χ2n) is 5.74. The SMILES string of the molecule is C#CCOc1ccc(C=C2NC(=O)N(c3cccc(Cl)c3)C2=O)cc1OCC. The second kappa shape index (κ2) is 8.51. The number of carbonyl (C=O) groups is 2. The fourth-order valence-electron chi connectivity index (χ4n) is 2.67. The number of hydrogen-bond donors (Lipinski definition) is 1. The molecular weight excluding hydrogens is 380 g/mol. The highest BCUT2D eigenvalue weighted by molar-refractivity contribution is 6.32. The lowest BCUT2D eigenvalue weighted by Gasteiger charge is -2.12. The number of halogens is 1. The Kier molecular flexibility index (Phi) is 5.87. The van der Waals surface area contributed by atoms with Crippen molar-refractivity contribution < 1.29 is 19.1 Å². The Labute approximate surface area is 167 Å². The summed E-state index contributed by atoms with van der Waals surface area (Å²) >= 11 is 5.96. The lowest BCUT2D eigenvalue weighted by Crippen LogP contribution is -2.30. The van der Waals surface area contributed by atoms with Gasteiger partial charge in [0.25, 0.3) is 5.91 Å². The Morgan fingerprint density at radius 3 is 2.71 bits per heavy atom. The fourth-order valence-corrected chi connectivity index (χ4v) is 2.86. The molecule has 1 saturated heterocycles. The number of hydrogen-bond acceptors (Lipinski definition) is 4. The van der Waals surface area contributed by atoms with Crippen LogP contribution in [0.15, 0.2) is 48.2 Å². The molecule has 0 aliphatic carbocycles. The maximum Gasteiger partial charge on any atom is 0.333 e. The summed E-state index contributed by atoms with van der Waals surface area (Å²) in [4.78, 5) is 26.0. The van der Waals surface area contributed by atoms with Gasteiger partial charge in [0.05, 0.1) is 12.3 Å². The zero-order valence-electron chi connectivity index (χ0n) is 15.1. The predicted octanol–water partition coefficient (Wildman–Crippen LogP) is 3.85. The number of nitrogens with zero attached hydrogens (tertiary/aromatic N) is 1. The summed E-state index contributed by atoms with van der Waals surface area (Å²) in [6.45, 7) is 2.40. The van der Waals surface area contributed by atoms with E-state index in [4.69, 9.17) is 27.5 Å². The highest BCUT2D eigenvalue weighted by atomic mass is 35.5. The molecule has 0 bridgehead atoms. The summed E-state index contributed by atoms with van der Waals surface area (Å²) in [5.74, 6) is 2.92. The first-order valence-electron chi connectivity index (χ1n) is 8.49. The molecule has 7 heteroatoms. The van der Waals surface area contributed by atoms with Crippen LogP contribution in [0.5, 0.6) is 11.5 Å². The number of carbonyl (C=O) groups excluding carboxylic acids is 2. The average Bonchev–Trinajstić information content (AvgIpc) is 2.94. The molecule has 1 aliphatic heterocycles. The van der Waals surface area contributed by atoms with E-state index in [0.29, 0.717) is 34.4 Å². The van der Waals surface area contributed by atoms with Gasteiger partial charge in [0.15, 0.2) is 11.5 Å². The van der Waals surface area contributed by atoms with Crippen LogP contribution in [0.3, 0.4) is 0 Å². The number of ether oxygens (including phenoxy) is 2. The van der Waals surface area contributed by atoms with Crippen LogP contribution in [0.4, 0.5) is 10.5 Å². The normalized spacial score (nSPS) is 14.8. The number of urea groups is 1. The van der Waals surface area contributed by atoms with E-state index in [1.54, 1.807) is 48.5 Å². The van der Waals surface area contributed by atoms with Crippen molar-refractivity contribution in [1.29, 1.82) is 0 Å². The van der Waals surface area contributed by atoms with E-state index in [1.165, 1.54) is 0 Å². The number of rotatable bonds is 6. The Balaban J connectivity index is 1.89. The summed E-state index contributed by atoms with van der Waals surface area (Å²) in [6, 6.07) is 11.1. The number of nitrogens with one attached hydrogen (secondary N) is 1. The van der Waals surface area contributed by atoms with E-state index in [9.17, 15) is 9.59 Å². The highest BCUT2D eigenvalue weighted by Crippen LogP contribution is 2.30. The number of anilines is 1. The van der Waals surface area contributed by atoms with Crippen molar-refractivity contribution in [2.24, 2.45) is 0 Å². The highest BCUT2D eigenvalue weighted by Gasteiger charge is 2.34. The lowest BCUT2D eigenvalue weighted by molar-refractivity contribution is -0.113. The standard InChI is InChI=1S/C21H17ClN2O4/c1-3-10-28-18-9-8-14(12-19(18)27-4-2)11-17-20(25)24(21(26)23-17)16-7-5-6-15(22)13-16/h1,5-9,11-13H,4,10H2,2H3,(H,23,26). The van der Waals surface area contributed by atoms with Crippen LogP contribution in [0.2, 0.25) is 5.02 Å². The van der Waals surface area contributed by atoms with Gasteiger partial charge in [-0.15, -0.1) is 6.42 Å². The molecule has 3 amide bonds. The minimum Gasteiger partial charge on any atom is -0.490 e. The first-order chi connectivity index (χ1) is 13.5. The number of imide groups is 1. The second-order valence-corrected chi connectivity index (χ2v) is 6.18. The smallest absolute Gasteiger partial charge is 0.333 e. The lowest BCUT2D eigenvalue weighted by atomic mass is 10.1. The van der Waals surface area contributed by atoms with Gasteiger partial charge < -0.3 is 14.8 Å². The quantitative estimate of drug-likeness (QED) is 0.457. The monoisotopic (exact) mass is 396 g/mol. The van der Waals surface area contributed by atoms with Gasteiger partial charge in [-0.1, -0.05) is 29.7 Å². The van der Waals surface area contributed by atoms with E-state index >= 15 is 0 Å². The topological polar surface area (TPSA) is 67.9 Å². The number of terminal acetylenes is 1. The minimum absolute atomic E-state index is 0.115. The fraction of sp³-hybridized carbons (Fsp3) is 0.143. The molecular formula is C21H17ClN2O4. The van der Waals surface area contributed by atoms with E-state index in [2.05, 4.69) is 11.2 Å². The van der Waals surface area contributed by atoms with Gasteiger partial charge in [0.1, 0.15) is 12.3 Å². The number of amides is 3. The predicted molar refractivity (Wildman–Crippen MR) is 107 cm³/mol. The Morgan fingerprint density at radius 2 is 2.00 bits per heavy atom. The van der Waals surface area contributed by atoms with Gasteiger partial charge in [0, 0.05) is 5.02 Å². The van der Waals surface area contributed by atoms with Crippen molar-refractivity contribution in [2.75, 3.05) is 18.1 Å². The number of benzene rings is 2. The third kappa shape index (κ3) is 4.11. The molecule has 2 aromatic rings. The molecule has 142 valence electrons. The molecule has 0 radical (unpaired) electrons. The van der Waals surface area contributed by atoms with Gasteiger partial charge in [0.2, 0.25) is 0 Å². The van der Waals surface area contributed by atoms with E-state index in [-0.39, 0.29) is 12.3 Å². The summed E-state index contributed by atoms with van der Waals surface area (Å²) in [5, 5.41) is 3.01. The molecule has 0 saturated carbocycles. The maximum atomic E-state index is 12.7. The van der Waals surface area contributed by atoms with Crippen molar-refractivity contribution in [2.45, 2.75) is 6.92 Å². The summed E-state index contributed by atoms with van der Waals surface area (Å²) in [5.41, 5.74) is 1.20. The van der Waals surface area contributed by atoms with Gasteiger partial charge in [-0.25, -0.2) is 9.69 Å². The zero-order valence-corrected chi connectivity index (χ0v) is 15.8. The van der Waals surface area contributed by atoms with Gasteiger partial charge in [-0.2, -0.15) is 0 Å². The van der Waals surface area contributed by atoms with Crippen molar-refractivity contribution in [3.05, 3.63) is 58.7 Å². The summed E-state index contributed by atoms with van der Waals surface area (Å²) in [6.07, 6.45) is 6.79. The summed E-state index contributed by atoms with van der Waals surface area (Å²) < 4.78 is 11.0. The van der Waals surface area contributed by atoms with Gasteiger partial charge in [-0.05, 0) is 48.9 Å². The van der Waals surface area contributed by atoms with Crippen LogP contribution in [0.1, 0.15) is 12.5 Å². The van der Waals surface area contributed by atoms with Crippen molar-refractivity contribution in [1.82, 2.24) is 5.32 Å². The largest absolute Gasteiger partial charge is 0.490 e. The molecule has 1 heterocycles. The third-order valence-corrected chi connectivity index (χ3v) is 4.07. The minimum atomic E-state index is -0.544. The van der Waals surface area contributed by atoms with Gasteiger partial charge >= 0.3 is 6.03 Å². The first kappa shape index (κ1) is 19.3. The van der Waals surface area contributed by atoms with Crippen molar-refractivity contribution >= 4 is 35.3 Å². The van der Waals surface area contributed by atoms with Crippen LogP contribution in [-0.4, -0.2) is 25.2 Å². The molecule has 3 rings (SSSR count). The van der Waals surface area contributed by atoms with Crippen LogP contribution < -0.4 is 19.7 Å². The van der Waals surface area contributed by atoms with E-state index in [1.807, 2.05) is 6.92 Å². The van der Waals surface area contributed by atoms with Crippen LogP contribution in [0, 0.1) is 12.3 Å². The molecule has 1 N–H and O–H groups in total. The molecule has 1 aliphatic rings. The Hall–Kier alpha value is -3.43. The summed E-state index contributed by atoms with van der Waals surface area (Å²) in [7, 11) is 0. The van der Waals surface area contributed by atoms with Crippen molar-refractivity contribution in [3.8, 4) is 23.8 Å². The Bertz CT molecular complexity index is 994. The average molecular weight is 397 g/mol. The molecule has 0 atom stereocenters. The molecule has 0 spiro atoms. The first-order valence-corrected chi connectivity index (χ1v) is 8.87.